The maximum absolute atomic E-state index is 2.59. The van der Waals surface area contributed by atoms with E-state index < -0.39 is 0 Å². The average molecular weight is 212 g/mol. The molecule has 0 amide bonds. The van der Waals surface area contributed by atoms with Crippen LogP contribution in [0.4, 0.5) is 0 Å². The molecule has 0 aromatic carbocycles. The monoisotopic (exact) mass is 212 g/mol. The Bertz CT molecular complexity index is 379. The van der Waals surface area contributed by atoms with Crippen molar-refractivity contribution < 1.29 is 0 Å². The number of hydrogen-bond donors (Lipinski definition) is 0. The van der Waals surface area contributed by atoms with Gasteiger partial charge in [0, 0.05) is 0 Å². The molecule has 0 heterocycles. The van der Waals surface area contributed by atoms with Crippen LogP contribution in [-0.2, 0) is 0 Å². The highest BCUT2D eigenvalue weighted by atomic mass is 14.4. The molecule has 0 bridgehead atoms. The van der Waals surface area contributed by atoms with E-state index in [2.05, 4.69) is 12.2 Å². The van der Waals surface area contributed by atoms with Gasteiger partial charge in [0.25, 0.3) is 0 Å². The van der Waals surface area contributed by atoms with Crippen LogP contribution in [0.2, 0.25) is 0 Å². The highest BCUT2D eigenvalue weighted by Gasteiger charge is 2.36. The second kappa shape index (κ2) is 3.35. The van der Waals surface area contributed by atoms with Gasteiger partial charge in [0.1, 0.15) is 0 Å². The van der Waals surface area contributed by atoms with Gasteiger partial charge >= 0.3 is 0 Å². The first-order valence-electron chi connectivity index (χ1n) is 7.06. The van der Waals surface area contributed by atoms with Crippen LogP contribution in [0, 0.1) is 11.8 Å². The van der Waals surface area contributed by atoms with Crippen molar-refractivity contribution in [2.75, 3.05) is 0 Å². The first-order chi connectivity index (χ1) is 7.93. The lowest BCUT2D eigenvalue weighted by atomic mass is 9.63. The van der Waals surface area contributed by atoms with E-state index in [9.17, 15) is 0 Å². The fraction of sp³-hybridized carbons (Fsp3) is 0.625. The predicted octanol–water partition coefficient (Wildman–Crippen LogP) is 4.54. The van der Waals surface area contributed by atoms with E-state index in [0.717, 1.165) is 11.8 Å². The van der Waals surface area contributed by atoms with Crippen LogP contribution in [0.25, 0.3) is 0 Å². The van der Waals surface area contributed by atoms with Gasteiger partial charge in [0.2, 0.25) is 0 Å². The molecule has 0 N–H and O–H groups in total. The lowest BCUT2D eigenvalue weighted by molar-refractivity contribution is 0.429. The van der Waals surface area contributed by atoms with Gasteiger partial charge < -0.3 is 0 Å². The Labute approximate surface area is 98.1 Å². The molecule has 2 fully saturated rings. The second-order valence-corrected chi connectivity index (χ2v) is 5.94. The summed E-state index contributed by atoms with van der Waals surface area (Å²) in [6.45, 7) is 0. The zero-order valence-electron chi connectivity index (χ0n) is 9.97. The van der Waals surface area contributed by atoms with Gasteiger partial charge in [-0.25, -0.2) is 0 Å². The van der Waals surface area contributed by atoms with Crippen molar-refractivity contribution in [1.29, 1.82) is 0 Å². The smallest absolute Gasteiger partial charge is 0.0122 e. The molecule has 2 unspecified atom stereocenters. The third kappa shape index (κ3) is 1.16. The summed E-state index contributed by atoms with van der Waals surface area (Å²) in [6, 6.07) is 0. The lowest BCUT2D eigenvalue weighted by Crippen LogP contribution is -2.27. The number of rotatable bonds is 0. The largest absolute Gasteiger partial charge is 0.0804 e. The molecule has 2 atom stereocenters. The standard InChI is InChI=1S/C16H20/c1-3-11-7-9-13-5-2-6-14-10-8-12(4-1)15(11)16(13)14/h7,10,12-13H,1-6,8-9H2. The average Bonchev–Trinajstić information content (AvgIpc) is 2.36. The maximum atomic E-state index is 2.59. The van der Waals surface area contributed by atoms with Crippen molar-refractivity contribution in [2.45, 2.75) is 51.4 Å². The molecule has 0 nitrogen and oxygen atoms in total. The third-order valence-electron chi connectivity index (χ3n) is 5.09. The minimum atomic E-state index is 0.902. The van der Waals surface area contributed by atoms with Gasteiger partial charge in [-0.05, 0) is 85.5 Å². The van der Waals surface area contributed by atoms with Gasteiger partial charge in [0.15, 0.2) is 0 Å². The van der Waals surface area contributed by atoms with Crippen LogP contribution in [-0.4, -0.2) is 0 Å². The first-order valence-corrected chi connectivity index (χ1v) is 7.06. The second-order valence-electron chi connectivity index (χ2n) is 5.94. The molecule has 4 aliphatic carbocycles. The molecule has 16 heavy (non-hydrogen) atoms. The molecule has 0 saturated heterocycles. The summed E-state index contributed by atoms with van der Waals surface area (Å²) in [5.41, 5.74) is 7.16. The van der Waals surface area contributed by atoms with Crippen LogP contribution in [0.1, 0.15) is 51.4 Å². The lowest BCUT2D eigenvalue weighted by Gasteiger charge is -2.42. The quantitative estimate of drug-likeness (QED) is 0.553. The molecule has 0 aromatic heterocycles. The van der Waals surface area contributed by atoms with E-state index >= 15 is 0 Å². The molecule has 0 heteroatoms. The minimum Gasteiger partial charge on any atom is -0.0804 e. The van der Waals surface area contributed by atoms with Gasteiger partial charge in [-0.15, -0.1) is 0 Å². The first kappa shape index (κ1) is 9.27. The Kier molecular flexibility index (Phi) is 1.94. The molecule has 0 aliphatic heterocycles. The topological polar surface area (TPSA) is 0 Å². The zero-order valence-corrected chi connectivity index (χ0v) is 9.97. The Morgan fingerprint density at radius 2 is 1.25 bits per heavy atom. The Morgan fingerprint density at radius 1 is 0.750 bits per heavy atom. The summed E-state index contributed by atoms with van der Waals surface area (Å²) in [4.78, 5) is 0. The van der Waals surface area contributed by atoms with Crippen LogP contribution < -0.4 is 0 Å². The van der Waals surface area contributed by atoms with E-state index in [4.69, 9.17) is 0 Å². The van der Waals surface area contributed by atoms with Crippen molar-refractivity contribution in [3.8, 4) is 0 Å². The fourth-order valence-corrected chi connectivity index (χ4v) is 4.41. The van der Waals surface area contributed by atoms with Crippen molar-refractivity contribution in [1.82, 2.24) is 0 Å². The highest BCUT2D eigenvalue weighted by Crippen LogP contribution is 2.51. The fourth-order valence-electron chi connectivity index (χ4n) is 4.41. The highest BCUT2D eigenvalue weighted by molar-refractivity contribution is 5.54. The van der Waals surface area contributed by atoms with Gasteiger partial charge in [0.05, 0.1) is 0 Å². The maximum Gasteiger partial charge on any atom is -0.0122 e. The molecule has 4 rings (SSSR count). The van der Waals surface area contributed by atoms with Gasteiger partial charge in [-0.3, -0.25) is 0 Å². The number of allylic oxidation sites excluding steroid dienone is 6. The molecule has 0 aromatic rings. The van der Waals surface area contributed by atoms with E-state index in [1.807, 2.05) is 11.1 Å². The van der Waals surface area contributed by atoms with Crippen LogP contribution in [0.5, 0.6) is 0 Å². The summed E-state index contributed by atoms with van der Waals surface area (Å²) in [7, 11) is 0. The number of hydrogen-bond acceptors (Lipinski definition) is 0. The molecule has 2 saturated carbocycles. The van der Waals surface area contributed by atoms with E-state index in [1.54, 1.807) is 11.1 Å². The predicted molar refractivity (Wildman–Crippen MR) is 67.1 cm³/mol. The van der Waals surface area contributed by atoms with Crippen LogP contribution in [0.3, 0.4) is 0 Å². The summed E-state index contributed by atoms with van der Waals surface area (Å²) in [6.07, 6.45) is 16.4. The SMILES string of the molecule is C1=C2CCCC3CC=C4CCCC(C1)C4=C23. The summed E-state index contributed by atoms with van der Waals surface area (Å²) < 4.78 is 0. The van der Waals surface area contributed by atoms with Crippen molar-refractivity contribution in [3.63, 3.8) is 0 Å². The Balaban J connectivity index is 1.89. The third-order valence-corrected chi connectivity index (χ3v) is 5.09. The molecular formula is C16H20. The Morgan fingerprint density at radius 3 is 1.75 bits per heavy atom. The Hall–Kier alpha value is -0.780. The van der Waals surface area contributed by atoms with Crippen molar-refractivity contribution in [2.24, 2.45) is 11.8 Å². The molecule has 84 valence electrons. The van der Waals surface area contributed by atoms with Crippen molar-refractivity contribution >= 4 is 0 Å². The van der Waals surface area contributed by atoms with Crippen molar-refractivity contribution in [3.05, 3.63) is 34.4 Å². The minimum absolute atomic E-state index is 0.902. The normalized spacial score (nSPS) is 36.5. The van der Waals surface area contributed by atoms with E-state index in [-0.39, 0.29) is 0 Å². The summed E-state index contributed by atoms with van der Waals surface area (Å²) in [5, 5.41) is 0. The molecule has 0 radical (unpaired) electrons. The molecular weight excluding hydrogens is 192 g/mol. The molecule has 4 aliphatic rings. The van der Waals surface area contributed by atoms with Crippen LogP contribution >= 0.6 is 0 Å². The van der Waals surface area contributed by atoms with Gasteiger partial charge in [-0.1, -0.05) is 12.2 Å². The van der Waals surface area contributed by atoms with Crippen LogP contribution in [0.15, 0.2) is 34.4 Å². The van der Waals surface area contributed by atoms with E-state index in [1.165, 1.54) is 51.4 Å². The zero-order chi connectivity index (χ0) is 10.5. The van der Waals surface area contributed by atoms with E-state index in [0.29, 0.717) is 0 Å². The van der Waals surface area contributed by atoms with Gasteiger partial charge in [-0.2, -0.15) is 0 Å². The summed E-state index contributed by atoms with van der Waals surface area (Å²) >= 11 is 0. The molecule has 0 spiro atoms. The summed E-state index contributed by atoms with van der Waals surface area (Å²) in [5.74, 6) is 1.80.